The first-order valence-corrected chi connectivity index (χ1v) is 3.96. The van der Waals surface area contributed by atoms with Crippen molar-refractivity contribution in [3.63, 3.8) is 0 Å². The third-order valence-corrected chi connectivity index (χ3v) is 1.95. The Morgan fingerprint density at radius 1 is 1.23 bits per heavy atom. The van der Waals surface area contributed by atoms with E-state index in [-0.39, 0.29) is 5.56 Å². The van der Waals surface area contributed by atoms with Crippen LogP contribution in [-0.4, -0.2) is 12.1 Å². The molecular weight excluding hydrogens is 166 g/mol. The van der Waals surface area contributed by atoms with Crippen LogP contribution in [0.5, 0.6) is 5.75 Å². The van der Waals surface area contributed by atoms with Gasteiger partial charge in [-0.1, -0.05) is 6.07 Å². The standard InChI is InChI=1S/C10H9NO2/c1-13-9-3-2-7-5-10(12)11-6-8(7)4-9/h2-6H,1H3,(H,11,12). The second kappa shape index (κ2) is 2.94. The van der Waals surface area contributed by atoms with E-state index in [4.69, 9.17) is 4.74 Å². The number of ether oxygens (including phenoxy) is 1. The molecule has 0 fully saturated rings. The van der Waals surface area contributed by atoms with Crippen LogP contribution >= 0.6 is 0 Å². The van der Waals surface area contributed by atoms with Gasteiger partial charge in [-0.2, -0.15) is 0 Å². The van der Waals surface area contributed by atoms with Crippen LogP contribution in [0, 0.1) is 0 Å². The van der Waals surface area contributed by atoms with Gasteiger partial charge in [-0.3, -0.25) is 4.79 Å². The van der Waals surface area contributed by atoms with Crippen LogP contribution in [0.1, 0.15) is 0 Å². The Bertz CT molecular complexity index is 487. The fourth-order valence-corrected chi connectivity index (χ4v) is 1.27. The van der Waals surface area contributed by atoms with Gasteiger partial charge < -0.3 is 9.72 Å². The molecule has 1 aromatic carbocycles. The highest BCUT2D eigenvalue weighted by Crippen LogP contribution is 2.17. The predicted octanol–water partition coefficient (Wildman–Crippen LogP) is 1.54. The Morgan fingerprint density at radius 3 is 2.85 bits per heavy atom. The van der Waals surface area contributed by atoms with Gasteiger partial charge in [-0.25, -0.2) is 0 Å². The second-order valence-electron chi connectivity index (χ2n) is 2.79. The number of H-pyrrole nitrogens is 1. The zero-order valence-corrected chi connectivity index (χ0v) is 7.20. The van der Waals surface area contributed by atoms with Crippen LogP contribution in [0.4, 0.5) is 0 Å². The SMILES string of the molecule is COc1ccc2cc(=O)[nH]cc2c1. The van der Waals surface area contributed by atoms with Gasteiger partial charge in [-0.15, -0.1) is 0 Å². The third-order valence-electron chi connectivity index (χ3n) is 1.95. The van der Waals surface area contributed by atoms with Gasteiger partial charge in [-0.05, 0) is 17.5 Å². The van der Waals surface area contributed by atoms with Crippen molar-refractivity contribution in [2.75, 3.05) is 7.11 Å². The van der Waals surface area contributed by atoms with Crippen molar-refractivity contribution in [3.05, 3.63) is 40.8 Å². The molecule has 3 heteroatoms. The normalized spacial score (nSPS) is 10.2. The topological polar surface area (TPSA) is 42.1 Å². The summed E-state index contributed by atoms with van der Waals surface area (Å²) in [6.07, 6.45) is 1.68. The highest BCUT2D eigenvalue weighted by Gasteiger charge is 1.95. The number of aromatic amines is 1. The van der Waals surface area contributed by atoms with Gasteiger partial charge in [0.1, 0.15) is 5.75 Å². The van der Waals surface area contributed by atoms with E-state index >= 15 is 0 Å². The zero-order chi connectivity index (χ0) is 9.26. The van der Waals surface area contributed by atoms with Crippen molar-refractivity contribution < 1.29 is 4.74 Å². The molecule has 0 saturated carbocycles. The molecule has 13 heavy (non-hydrogen) atoms. The van der Waals surface area contributed by atoms with Gasteiger partial charge in [0.2, 0.25) is 5.56 Å². The maximum atomic E-state index is 11.0. The van der Waals surface area contributed by atoms with E-state index in [0.717, 1.165) is 16.5 Å². The van der Waals surface area contributed by atoms with Crippen molar-refractivity contribution in [1.82, 2.24) is 4.98 Å². The first-order chi connectivity index (χ1) is 6.29. The lowest BCUT2D eigenvalue weighted by Crippen LogP contribution is -2.01. The Labute approximate surface area is 75.0 Å². The van der Waals surface area contributed by atoms with Gasteiger partial charge in [0, 0.05) is 17.6 Å². The summed E-state index contributed by atoms with van der Waals surface area (Å²) in [6, 6.07) is 7.14. The minimum absolute atomic E-state index is 0.0855. The molecule has 0 bridgehead atoms. The molecule has 1 aromatic heterocycles. The minimum Gasteiger partial charge on any atom is -0.497 e. The Hall–Kier alpha value is -1.77. The summed E-state index contributed by atoms with van der Waals surface area (Å²) in [5, 5.41) is 1.89. The summed E-state index contributed by atoms with van der Waals surface area (Å²) < 4.78 is 5.06. The van der Waals surface area contributed by atoms with Crippen molar-refractivity contribution in [1.29, 1.82) is 0 Å². The molecule has 0 aliphatic heterocycles. The number of hydrogen-bond donors (Lipinski definition) is 1. The molecule has 66 valence electrons. The summed E-state index contributed by atoms with van der Waals surface area (Å²) in [7, 11) is 1.62. The first kappa shape index (κ1) is 7.86. The van der Waals surface area contributed by atoms with Crippen LogP contribution in [0.3, 0.4) is 0 Å². The Kier molecular flexibility index (Phi) is 1.77. The molecule has 1 N–H and O–H groups in total. The maximum absolute atomic E-state index is 11.0. The minimum atomic E-state index is -0.0855. The lowest BCUT2D eigenvalue weighted by Gasteiger charge is -2.00. The number of methoxy groups -OCH3 is 1. The summed E-state index contributed by atoms with van der Waals surface area (Å²) in [4.78, 5) is 13.6. The summed E-state index contributed by atoms with van der Waals surface area (Å²) in [5.74, 6) is 0.791. The Morgan fingerprint density at radius 2 is 2.08 bits per heavy atom. The fraction of sp³-hybridized carbons (Fsp3) is 0.100. The molecule has 0 saturated heterocycles. The van der Waals surface area contributed by atoms with Crippen LogP contribution in [-0.2, 0) is 0 Å². The molecule has 0 aliphatic rings. The monoisotopic (exact) mass is 175 g/mol. The molecule has 0 radical (unpaired) electrons. The van der Waals surface area contributed by atoms with Crippen molar-refractivity contribution in [2.24, 2.45) is 0 Å². The van der Waals surface area contributed by atoms with E-state index in [0.29, 0.717) is 0 Å². The van der Waals surface area contributed by atoms with Crippen molar-refractivity contribution in [3.8, 4) is 5.75 Å². The summed E-state index contributed by atoms with van der Waals surface area (Å²) >= 11 is 0. The smallest absolute Gasteiger partial charge is 0.248 e. The maximum Gasteiger partial charge on any atom is 0.248 e. The molecule has 0 spiro atoms. The Balaban J connectivity index is 2.73. The van der Waals surface area contributed by atoms with Crippen LogP contribution < -0.4 is 10.3 Å². The van der Waals surface area contributed by atoms with Crippen LogP contribution in [0.2, 0.25) is 0 Å². The quantitative estimate of drug-likeness (QED) is 0.714. The third kappa shape index (κ3) is 1.40. The summed E-state index contributed by atoms with van der Waals surface area (Å²) in [6.45, 7) is 0. The second-order valence-corrected chi connectivity index (χ2v) is 2.79. The van der Waals surface area contributed by atoms with Crippen LogP contribution in [0.25, 0.3) is 10.8 Å². The molecule has 0 atom stereocenters. The average Bonchev–Trinajstić information content (AvgIpc) is 2.17. The summed E-state index contributed by atoms with van der Waals surface area (Å²) in [5.41, 5.74) is -0.0855. The highest BCUT2D eigenvalue weighted by atomic mass is 16.5. The van der Waals surface area contributed by atoms with Gasteiger partial charge in [0.25, 0.3) is 0 Å². The molecular formula is C10H9NO2. The van der Waals surface area contributed by atoms with Crippen LogP contribution in [0.15, 0.2) is 35.3 Å². The fourth-order valence-electron chi connectivity index (χ4n) is 1.27. The number of hydrogen-bond acceptors (Lipinski definition) is 2. The number of aromatic nitrogens is 1. The molecule has 1 heterocycles. The van der Waals surface area contributed by atoms with E-state index < -0.39 is 0 Å². The van der Waals surface area contributed by atoms with E-state index in [1.54, 1.807) is 19.4 Å². The lowest BCUT2D eigenvalue weighted by molar-refractivity contribution is 0.415. The highest BCUT2D eigenvalue weighted by molar-refractivity contribution is 5.82. The number of nitrogens with one attached hydrogen (secondary N) is 1. The van der Waals surface area contributed by atoms with E-state index in [1.807, 2.05) is 18.2 Å². The van der Waals surface area contributed by atoms with Gasteiger partial charge in [0.05, 0.1) is 7.11 Å². The van der Waals surface area contributed by atoms with Crippen molar-refractivity contribution in [2.45, 2.75) is 0 Å². The first-order valence-electron chi connectivity index (χ1n) is 3.96. The molecule has 0 aliphatic carbocycles. The number of rotatable bonds is 1. The zero-order valence-electron chi connectivity index (χ0n) is 7.20. The number of benzene rings is 1. The van der Waals surface area contributed by atoms with Gasteiger partial charge >= 0.3 is 0 Å². The molecule has 2 rings (SSSR count). The van der Waals surface area contributed by atoms with E-state index in [9.17, 15) is 4.79 Å². The van der Waals surface area contributed by atoms with E-state index in [1.165, 1.54) is 0 Å². The van der Waals surface area contributed by atoms with E-state index in [2.05, 4.69) is 4.98 Å². The van der Waals surface area contributed by atoms with Crippen molar-refractivity contribution >= 4 is 10.8 Å². The molecule has 3 nitrogen and oxygen atoms in total. The number of fused-ring (bicyclic) bond motifs is 1. The lowest BCUT2D eigenvalue weighted by atomic mass is 10.2. The molecule has 2 aromatic rings. The predicted molar refractivity (Wildman–Crippen MR) is 51.1 cm³/mol. The van der Waals surface area contributed by atoms with Gasteiger partial charge in [0.15, 0.2) is 0 Å². The largest absolute Gasteiger partial charge is 0.497 e. The number of pyridine rings is 1. The average molecular weight is 175 g/mol. The molecule has 0 unspecified atom stereocenters. The molecule has 0 amide bonds.